The largest absolute Gasteiger partial charge is 0.284 e. The Morgan fingerprint density at radius 2 is 2.21 bits per heavy atom. The zero-order chi connectivity index (χ0) is 9.54. The second-order valence-electron chi connectivity index (χ2n) is 3.39. The van der Waals surface area contributed by atoms with Gasteiger partial charge in [0.1, 0.15) is 0 Å². The van der Waals surface area contributed by atoms with E-state index < -0.39 is 0 Å². The zero-order valence-corrected chi connectivity index (χ0v) is 7.81. The molecular weight excluding hydrogens is 174 g/mol. The first kappa shape index (κ1) is 7.50. The molecule has 0 aliphatic heterocycles. The lowest BCUT2D eigenvalue weighted by Crippen LogP contribution is -1.84. The van der Waals surface area contributed by atoms with Crippen LogP contribution in [0.5, 0.6) is 0 Å². The van der Waals surface area contributed by atoms with Gasteiger partial charge in [-0.25, -0.2) is 9.97 Å². The summed E-state index contributed by atoms with van der Waals surface area (Å²) in [5, 5.41) is 0. The van der Waals surface area contributed by atoms with Gasteiger partial charge in [-0.3, -0.25) is 4.40 Å². The second kappa shape index (κ2) is 2.54. The molecule has 0 atom stereocenters. The van der Waals surface area contributed by atoms with Gasteiger partial charge in [0, 0.05) is 12.4 Å². The molecule has 0 bridgehead atoms. The maximum absolute atomic E-state index is 4.43. The number of rotatable bonds is 0. The molecule has 0 amide bonds. The maximum Gasteiger partial charge on any atom is 0.234 e. The second-order valence-corrected chi connectivity index (χ2v) is 3.39. The predicted octanol–water partition coefficient (Wildman–Crippen LogP) is 2.19. The Morgan fingerprint density at radius 3 is 3.14 bits per heavy atom. The Labute approximate surface area is 81.0 Å². The summed E-state index contributed by atoms with van der Waals surface area (Å²) >= 11 is 0. The van der Waals surface area contributed by atoms with Crippen LogP contribution in [0.3, 0.4) is 0 Å². The number of hydrogen-bond acceptors (Lipinski definition) is 2. The molecule has 0 saturated heterocycles. The van der Waals surface area contributed by atoms with Crippen LogP contribution < -0.4 is 0 Å². The van der Waals surface area contributed by atoms with Gasteiger partial charge in [0.25, 0.3) is 0 Å². The third kappa shape index (κ3) is 0.923. The van der Waals surface area contributed by atoms with Crippen LogP contribution in [0.15, 0.2) is 36.7 Å². The fourth-order valence-corrected chi connectivity index (χ4v) is 1.67. The van der Waals surface area contributed by atoms with E-state index in [4.69, 9.17) is 0 Å². The molecule has 0 aliphatic rings. The van der Waals surface area contributed by atoms with Crippen molar-refractivity contribution in [2.24, 2.45) is 0 Å². The summed E-state index contributed by atoms with van der Waals surface area (Å²) in [5.74, 6) is 0.758. The monoisotopic (exact) mass is 183 g/mol. The molecule has 3 heteroatoms. The van der Waals surface area contributed by atoms with Crippen LogP contribution in [-0.4, -0.2) is 14.4 Å². The topological polar surface area (TPSA) is 30.2 Å². The van der Waals surface area contributed by atoms with Crippen molar-refractivity contribution in [2.75, 3.05) is 0 Å². The maximum atomic E-state index is 4.43. The van der Waals surface area contributed by atoms with Crippen LogP contribution in [0.2, 0.25) is 0 Å². The van der Waals surface area contributed by atoms with Crippen molar-refractivity contribution in [3.05, 3.63) is 42.2 Å². The Balaban J connectivity index is 2.57. The highest BCUT2D eigenvalue weighted by Gasteiger charge is 2.03. The standard InChI is InChI=1S/C11H9N3/c1-8-3-4-10-9(7-8)13-11-12-5-2-6-14(10)11/h2-7H,1H3. The lowest BCUT2D eigenvalue weighted by atomic mass is 10.2. The number of hydrogen-bond donors (Lipinski definition) is 0. The molecular formula is C11H9N3. The predicted molar refractivity (Wildman–Crippen MR) is 55.2 cm³/mol. The Hall–Kier alpha value is -1.90. The lowest BCUT2D eigenvalue weighted by Gasteiger charge is -1.93. The van der Waals surface area contributed by atoms with E-state index in [0.29, 0.717) is 0 Å². The Kier molecular flexibility index (Phi) is 1.36. The first-order chi connectivity index (χ1) is 6.84. The fourth-order valence-electron chi connectivity index (χ4n) is 1.67. The molecule has 2 heterocycles. The summed E-state index contributed by atoms with van der Waals surface area (Å²) in [6.45, 7) is 2.07. The number of fused-ring (bicyclic) bond motifs is 3. The molecule has 0 aliphatic carbocycles. The van der Waals surface area contributed by atoms with Crippen molar-refractivity contribution >= 4 is 16.8 Å². The minimum absolute atomic E-state index is 0.758. The molecule has 3 aromatic rings. The van der Waals surface area contributed by atoms with Crippen LogP contribution in [-0.2, 0) is 0 Å². The molecule has 1 aromatic carbocycles. The molecule has 68 valence electrons. The van der Waals surface area contributed by atoms with Crippen LogP contribution in [0.25, 0.3) is 16.8 Å². The van der Waals surface area contributed by atoms with E-state index in [1.165, 1.54) is 5.56 Å². The van der Waals surface area contributed by atoms with E-state index >= 15 is 0 Å². The third-order valence-electron chi connectivity index (χ3n) is 2.34. The summed E-state index contributed by atoms with van der Waals surface area (Å²) < 4.78 is 1.99. The minimum Gasteiger partial charge on any atom is -0.284 e. The van der Waals surface area contributed by atoms with Crippen LogP contribution in [0.4, 0.5) is 0 Å². The van der Waals surface area contributed by atoms with Crippen molar-refractivity contribution in [3.8, 4) is 0 Å². The van der Waals surface area contributed by atoms with Crippen molar-refractivity contribution in [2.45, 2.75) is 6.92 Å². The average molecular weight is 183 g/mol. The van der Waals surface area contributed by atoms with Crippen LogP contribution in [0, 0.1) is 6.92 Å². The number of aryl methyl sites for hydroxylation is 1. The molecule has 3 nitrogen and oxygen atoms in total. The van der Waals surface area contributed by atoms with Crippen LogP contribution >= 0.6 is 0 Å². The number of benzene rings is 1. The van der Waals surface area contributed by atoms with Crippen molar-refractivity contribution in [3.63, 3.8) is 0 Å². The van der Waals surface area contributed by atoms with E-state index in [0.717, 1.165) is 16.8 Å². The van der Waals surface area contributed by atoms with Gasteiger partial charge in [-0.2, -0.15) is 0 Å². The number of aromatic nitrogens is 3. The highest BCUT2D eigenvalue weighted by Crippen LogP contribution is 2.15. The molecule has 3 rings (SSSR count). The lowest BCUT2D eigenvalue weighted by molar-refractivity contribution is 1.13. The van der Waals surface area contributed by atoms with Gasteiger partial charge in [0.15, 0.2) is 0 Å². The van der Waals surface area contributed by atoms with Crippen molar-refractivity contribution < 1.29 is 0 Å². The van der Waals surface area contributed by atoms with Gasteiger partial charge in [-0.05, 0) is 30.7 Å². The normalized spacial score (nSPS) is 11.2. The molecule has 0 radical (unpaired) electrons. The SMILES string of the molecule is Cc1ccc2c(c1)nc1ncccn12. The first-order valence-electron chi connectivity index (χ1n) is 4.54. The van der Waals surface area contributed by atoms with Gasteiger partial charge in [0.2, 0.25) is 5.78 Å². The average Bonchev–Trinajstić information content (AvgIpc) is 2.54. The Bertz CT molecular complexity index is 610. The fraction of sp³-hybridized carbons (Fsp3) is 0.0909. The van der Waals surface area contributed by atoms with Gasteiger partial charge < -0.3 is 0 Å². The molecule has 0 unspecified atom stereocenters. The molecule has 0 spiro atoms. The number of imidazole rings is 1. The van der Waals surface area contributed by atoms with Crippen LogP contribution in [0.1, 0.15) is 5.56 Å². The Morgan fingerprint density at radius 1 is 1.29 bits per heavy atom. The summed E-state index contributed by atoms with van der Waals surface area (Å²) in [7, 11) is 0. The summed E-state index contributed by atoms with van der Waals surface area (Å²) in [6, 6.07) is 8.15. The first-order valence-corrected chi connectivity index (χ1v) is 4.54. The smallest absolute Gasteiger partial charge is 0.234 e. The van der Waals surface area contributed by atoms with Crippen molar-refractivity contribution in [1.29, 1.82) is 0 Å². The number of nitrogens with zero attached hydrogens (tertiary/aromatic N) is 3. The molecule has 0 N–H and O–H groups in total. The molecule has 0 fully saturated rings. The van der Waals surface area contributed by atoms with Gasteiger partial charge in [0.05, 0.1) is 11.0 Å². The van der Waals surface area contributed by atoms with Gasteiger partial charge >= 0.3 is 0 Å². The van der Waals surface area contributed by atoms with E-state index in [-0.39, 0.29) is 0 Å². The van der Waals surface area contributed by atoms with E-state index in [9.17, 15) is 0 Å². The van der Waals surface area contributed by atoms with Gasteiger partial charge in [-0.1, -0.05) is 6.07 Å². The highest BCUT2D eigenvalue weighted by molar-refractivity contribution is 5.79. The van der Waals surface area contributed by atoms with Gasteiger partial charge in [-0.15, -0.1) is 0 Å². The van der Waals surface area contributed by atoms with E-state index in [1.807, 2.05) is 16.7 Å². The minimum atomic E-state index is 0.758. The summed E-state index contributed by atoms with van der Waals surface area (Å²) in [6.07, 6.45) is 3.74. The van der Waals surface area contributed by atoms with Crippen molar-refractivity contribution in [1.82, 2.24) is 14.4 Å². The summed E-state index contributed by atoms with van der Waals surface area (Å²) in [5.41, 5.74) is 3.34. The molecule has 14 heavy (non-hydrogen) atoms. The highest BCUT2D eigenvalue weighted by atomic mass is 15.1. The summed E-state index contributed by atoms with van der Waals surface area (Å²) in [4.78, 5) is 8.63. The molecule has 2 aromatic heterocycles. The molecule has 0 saturated carbocycles. The third-order valence-corrected chi connectivity index (χ3v) is 2.34. The quantitative estimate of drug-likeness (QED) is 0.534. The zero-order valence-electron chi connectivity index (χ0n) is 7.81. The van der Waals surface area contributed by atoms with E-state index in [1.54, 1.807) is 6.20 Å². The van der Waals surface area contributed by atoms with E-state index in [2.05, 4.69) is 35.1 Å².